The van der Waals surface area contributed by atoms with Crippen LogP contribution >= 0.6 is 0 Å². The molecule has 0 saturated heterocycles. The van der Waals surface area contributed by atoms with Gasteiger partial charge in [0.25, 0.3) is 5.56 Å². The molecule has 0 radical (unpaired) electrons. The number of carbonyl (C=O) groups excluding carboxylic acids is 1. The van der Waals surface area contributed by atoms with Gasteiger partial charge in [-0.3, -0.25) is 9.59 Å². The van der Waals surface area contributed by atoms with Crippen molar-refractivity contribution in [3.8, 4) is 17.2 Å². The fraction of sp³-hybridized carbons (Fsp3) is 0.200. The third-order valence-electron chi connectivity index (χ3n) is 3.12. The molecule has 1 aromatic heterocycles. The summed E-state index contributed by atoms with van der Waals surface area (Å²) in [6.45, 7) is 0.799. The molecule has 1 aliphatic rings. The van der Waals surface area contributed by atoms with E-state index in [1.165, 1.54) is 10.6 Å². The van der Waals surface area contributed by atoms with E-state index in [4.69, 9.17) is 14.2 Å². The Morgan fingerprint density at radius 1 is 1.24 bits per heavy atom. The minimum atomic E-state index is -0.0950. The highest BCUT2D eigenvalue weighted by Crippen LogP contribution is 2.37. The molecule has 0 N–H and O–H groups in total. The number of ether oxygens (including phenoxy) is 3. The SMILES string of the molecule is O=Cc1cc2c(cc1OCCn1ccccc1=O)OCO2. The van der Waals surface area contributed by atoms with Gasteiger partial charge in [-0.25, -0.2) is 0 Å². The van der Waals surface area contributed by atoms with Gasteiger partial charge in [0.05, 0.1) is 12.1 Å². The number of pyridine rings is 1. The van der Waals surface area contributed by atoms with Crippen LogP contribution in [0.1, 0.15) is 10.4 Å². The van der Waals surface area contributed by atoms with Gasteiger partial charge < -0.3 is 18.8 Å². The van der Waals surface area contributed by atoms with Crippen LogP contribution in [0.15, 0.2) is 41.3 Å². The molecule has 0 atom stereocenters. The highest BCUT2D eigenvalue weighted by Gasteiger charge is 2.17. The number of fused-ring (bicyclic) bond motifs is 1. The summed E-state index contributed by atoms with van der Waals surface area (Å²) in [5, 5.41) is 0. The Morgan fingerprint density at radius 2 is 2.05 bits per heavy atom. The molecule has 0 unspecified atom stereocenters. The summed E-state index contributed by atoms with van der Waals surface area (Å²) in [5.74, 6) is 1.49. The van der Waals surface area contributed by atoms with E-state index in [-0.39, 0.29) is 19.0 Å². The minimum Gasteiger partial charge on any atom is -0.491 e. The molecule has 6 nitrogen and oxygen atoms in total. The van der Waals surface area contributed by atoms with Crippen molar-refractivity contribution in [3.05, 3.63) is 52.4 Å². The summed E-state index contributed by atoms with van der Waals surface area (Å²) in [4.78, 5) is 22.6. The number of carbonyl (C=O) groups is 1. The van der Waals surface area contributed by atoms with Crippen molar-refractivity contribution in [1.82, 2.24) is 4.57 Å². The Balaban J connectivity index is 1.72. The number of aldehydes is 1. The smallest absolute Gasteiger partial charge is 0.250 e. The first-order valence-electron chi connectivity index (χ1n) is 6.45. The van der Waals surface area contributed by atoms with Crippen LogP contribution in [0.25, 0.3) is 0 Å². The molecule has 0 aliphatic carbocycles. The Kier molecular flexibility index (Phi) is 3.59. The number of nitrogens with zero attached hydrogens (tertiary/aromatic N) is 1. The Bertz CT molecular complexity index is 722. The lowest BCUT2D eigenvalue weighted by atomic mass is 10.2. The molecular formula is C15H13NO5. The van der Waals surface area contributed by atoms with Crippen LogP contribution in [0.2, 0.25) is 0 Å². The van der Waals surface area contributed by atoms with E-state index in [0.717, 1.165) is 0 Å². The van der Waals surface area contributed by atoms with Gasteiger partial charge in [0, 0.05) is 18.3 Å². The monoisotopic (exact) mass is 287 g/mol. The van der Waals surface area contributed by atoms with Gasteiger partial charge >= 0.3 is 0 Å². The second kappa shape index (κ2) is 5.70. The van der Waals surface area contributed by atoms with Gasteiger partial charge in [0.2, 0.25) is 6.79 Å². The molecule has 0 amide bonds. The van der Waals surface area contributed by atoms with Crippen LogP contribution in [0.3, 0.4) is 0 Å². The van der Waals surface area contributed by atoms with E-state index in [9.17, 15) is 9.59 Å². The first kappa shape index (κ1) is 13.2. The predicted octanol–water partition coefficient (Wildman–Crippen LogP) is 1.47. The molecule has 108 valence electrons. The maximum absolute atomic E-state index is 11.6. The topological polar surface area (TPSA) is 66.8 Å². The lowest BCUT2D eigenvalue weighted by Crippen LogP contribution is -2.21. The molecule has 0 spiro atoms. The summed E-state index contributed by atoms with van der Waals surface area (Å²) >= 11 is 0. The molecule has 1 aliphatic heterocycles. The summed E-state index contributed by atoms with van der Waals surface area (Å²) in [6, 6.07) is 8.15. The third-order valence-corrected chi connectivity index (χ3v) is 3.12. The van der Waals surface area contributed by atoms with Crippen molar-refractivity contribution in [2.45, 2.75) is 6.54 Å². The first-order valence-corrected chi connectivity index (χ1v) is 6.45. The van der Waals surface area contributed by atoms with Crippen LogP contribution < -0.4 is 19.8 Å². The average molecular weight is 287 g/mol. The normalized spacial score (nSPS) is 12.2. The number of rotatable bonds is 5. The van der Waals surface area contributed by atoms with E-state index >= 15 is 0 Å². The van der Waals surface area contributed by atoms with Gasteiger partial charge in [-0.2, -0.15) is 0 Å². The van der Waals surface area contributed by atoms with Crippen molar-refractivity contribution in [3.63, 3.8) is 0 Å². The van der Waals surface area contributed by atoms with Crippen LogP contribution in [-0.2, 0) is 6.54 Å². The van der Waals surface area contributed by atoms with E-state index in [1.54, 1.807) is 30.5 Å². The van der Waals surface area contributed by atoms with Crippen LogP contribution in [0.5, 0.6) is 17.2 Å². The quantitative estimate of drug-likeness (QED) is 0.779. The lowest BCUT2D eigenvalue weighted by Gasteiger charge is -2.10. The molecule has 1 aromatic carbocycles. The third kappa shape index (κ3) is 2.74. The molecule has 3 rings (SSSR count). The molecule has 0 fully saturated rings. The lowest BCUT2D eigenvalue weighted by molar-refractivity contribution is 0.111. The number of benzene rings is 1. The molecular weight excluding hydrogens is 274 g/mol. The van der Waals surface area contributed by atoms with Crippen molar-refractivity contribution in [2.24, 2.45) is 0 Å². The Hall–Kier alpha value is -2.76. The molecule has 6 heteroatoms. The minimum absolute atomic E-state index is 0.0950. The highest BCUT2D eigenvalue weighted by molar-refractivity contribution is 5.81. The molecule has 0 saturated carbocycles. The van der Waals surface area contributed by atoms with Crippen molar-refractivity contribution in [1.29, 1.82) is 0 Å². The summed E-state index contributed by atoms with van der Waals surface area (Å²) < 4.78 is 17.6. The van der Waals surface area contributed by atoms with Crippen molar-refractivity contribution in [2.75, 3.05) is 13.4 Å². The molecule has 21 heavy (non-hydrogen) atoms. The average Bonchev–Trinajstić information content (AvgIpc) is 2.95. The van der Waals surface area contributed by atoms with E-state index in [1.807, 2.05) is 0 Å². The Labute approximate surface area is 120 Å². The van der Waals surface area contributed by atoms with Gasteiger partial charge in [-0.1, -0.05) is 6.07 Å². The summed E-state index contributed by atoms with van der Waals surface area (Å²) in [6.07, 6.45) is 2.39. The van der Waals surface area contributed by atoms with Crippen LogP contribution in [0, 0.1) is 0 Å². The molecule has 2 aromatic rings. The standard InChI is InChI=1S/C15H13NO5/c17-9-11-7-13-14(21-10-20-13)8-12(11)19-6-5-16-4-2-1-3-15(16)18/h1-4,7-9H,5-6,10H2. The largest absolute Gasteiger partial charge is 0.491 e. The second-order valence-corrected chi connectivity index (χ2v) is 4.44. The van der Waals surface area contributed by atoms with E-state index in [2.05, 4.69) is 0 Å². The summed E-state index contributed by atoms with van der Waals surface area (Å²) in [5.41, 5.74) is 0.294. The second-order valence-electron chi connectivity index (χ2n) is 4.44. The maximum atomic E-state index is 11.6. The predicted molar refractivity (Wildman–Crippen MR) is 74.1 cm³/mol. The molecule has 2 heterocycles. The fourth-order valence-electron chi connectivity index (χ4n) is 2.06. The van der Waals surface area contributed by atoms with E-state index in [0.29, 0.717) is 35.6 Å². The fourth-order valence-corrected chi connectivity index (χ4v) is 2.06. The Morgan fingerprint density at radius 3 is 2.81 bits per heavy atom. The zero-order valence-electron chi connectivity index (χ0n) is 11.2. The van der Waals surface area contributed by atoms with Gasteiger partial charge in [-0.05, 0) is 12.1 Å². The molecule has 0 bridgehead atoms. The summed E-state index contributed by atoms with van der Waals surface area (Å²) in [7, 11) is 0. The highest BCUT2D eigenvalue weighted by atomic mass is 16.7. The first-order chi connectivity index (χ1) is 10.3. The van der Waals surface area contributed by atoms with Crippen molar-refractivity contribution < 1.29 is 19.0 Å². The van der Waals surface area contributed by atoms with Gasteiger partial charge in [0.15, 0.2) is 17.8 Å². The maximum Gasteiger partial charge on any atom is 0.250 e. The number of hydrogen-bond donors (Lipinski definition) is 0. The zero-order chi connectivity index (χ0) is 14.7. The van der Waals surface area contributed by atoms with Gasteiger partial charge in [0.1, 0.15) is 12.4 Å². The number of hydrogen-bond acceptors (Lipinski definition) is 5. The van der Waals surface area contributed by atoms with Gasteiger partial charge in [-0.15, -0.1) is 0 Å². The van der Waals surface area contributed by atoms with Crippen LogP contribution in [0.4, 0.5) is 0 Å². The van der Waals surface area contributed by atoms with Crippen molar-refractivity contribution >= 4 is 6.29 Å². The van der Waals surface area contributed by atoms with Crippen LogP contribution in [-0.4, -0.2) is 24.3 Å². The number of aromatic nitrogens is 1. The zero-order valence-corrected chi connectivity index (χ0v) is 11.2. The van der Waals surface area contributed by atoms with E-state index < -0.39 is 0 Å².